The minimum absolute atomic E-state index is 0.134. The molecule has 0 aliphatic rings. The van der Waals surface area contributed by atoms with Crippen LogP contribution in [0.25, 0.3) is 0 Å². The Morgan fingerprint density at radius 1 is 0.929 bits per heavy atom. The standard InChI is InChI=1S/C23H31N3O2/c1-6-16(2)19-10-12-20(13-11-19)24-21(27)14-26(5)15-22(28)25-23-17(3)8-7-9-18(23)4/h7-13,16H,6,14-15H2,1-5H3,(H,24,27)(H,25,28)/t16-/m0/s1. The minimum atomic E-state index is -0.140. The molecule has 5 heteroatoms. The molecule has 0 aliphatic carbocycles. The molecule has 28 heavy (non-hydrogen) atoms. The average molecular weight is 382 g/mol. The van der Waals surface area contributed by atoms with E-state index in [-0.39, 0.29) is 24.9 Å². The molecule has 2 aromatic carbocycles. The summed E-state index contributed by atoms with van der Waals surface area (Å²) < 4.78 is 0. The Morgan fingerprint density at radius 2 is 1.46 bits per heavy atom. The largest absolute Gasteiger partial charge is 0.325 e. The summed E-state index contributed by atoms with van der Waals surface area (Å²) in [6, 6.07) is 13.8. The van der Waals surface area contributed by atoms with Gasteiger partial charge in [-0.15, -0.1) is 0 Å². The van der Waals surface area contributed by atoms with Crippen molar-refractivity contribution in [3.63, 3.8) is 0 Å². The van der Waals surface area contributed by atoms with Crippen molar-refractivity contribution in [2.45, 2.75) is 40.0 Å². The Bertz CT molecular complexity index is 795. The Morgan fingerprint density at radius 3 is 2.00 bits per heavy atom. The summed E-state index contributed by atoms with van der Waals surface area (Å²) in [7, 11) is 1.76. The molecule has 0 bridgehead atoms. The van der Waals surface area contributed by atoms with Crippen LogP contribution in [0.2, 0.25) is 0 Å². The number of para-hydroxylation sites is 1. The molecule has 0 fully saturated rings. The first-order valence-corrected chi connectivity index (χ1v) is 9.74. The summed E-state index contributed by atoms with van der Waals surface area (Å²) in [5, 5.41) is 5.83. The molecule has 2 amide bonds. The van der Waals surface area contributed by atoms with Crippen molar-refractivity contribution < 1.29 is 9.59 Å². The highest BCUT2D eigenvalue weighted by Crippen LogP contribution is 2.21. The van der Waals surface area contributed by atoms with Gasteiger partial charge in [0.1, 0.15) is 0 Å². The number of rotatable bonds is 8. The lowest BCUT2D eigenvalue weighted by Crippen LogP contribution is -2.36. The summed E-state index contributed by atoms with van der Waals surface area (Å²) in [6.45, 7) is 8.57. The van der Waals surface area contributed by atoms with Gasteiger partial charge in [0.25, 0.3) is 0 Å². The van der Waals surface area contributed by atoms with Crippen LogP contribution in [-0.4, -0.2) is 36.9 Å². The second kappa shape index (κ2) is 10.0. The number of hydrogen-bond donors (Lipinski definition) is 2. The summed E-state index contributed by atoms with van der Waals surface area (Å²) in [4.78, 5) is 26.3. The van der Waals surface area contributed by atoms with Crippen LogP contribution in [0.3, 0.4) is 0 Å². The summed E-state index contributed by atoms with van der Waals surface area (Å²) >= 11 is 0. The van der Waals surface area contributed by atoms with E-state index in [9.17, 15) is 9.59 Å². The minimum Gasteiger partial charge on any atom is -0.325 e. The van der Waals surface area contributed by atoms with Gasteiger partial charge in [0.05, 0.1) is 13.1 Å². The Hall–Kier alpha value is -2.66. The molecule has 0 spiro atoms. The van der Waals surface area contributed by atoms with Gasteiger partial charge in [-0.05, 0) is 62.1 Å². The molecule has 5 nitrogen and oxygen atoms in total. The molecule has 150 valence electrons. The lowest BCUT2D eigenvalue weighted by atomic mass is 9.99. The first kappa shape index (κ1) is 21.6. The van der Waals surface area contributed by atoms with Crippen molar-refractivity contribution >= 4 is 23.2 Å². The molecule has 2 rings (SSSR count). The Kier molecular flexibility index (Phi) is 7.76. The van der Waals surface area contributed by atoms with E-state index >= 15 is 0 Å². The molecule has 0 aromatic heterocycles. The van der Waals surface area contributed by atoms with Crippen LogP contribution >= 0.6 is 0 Å². The summed E-state index contributed by atoms with van der Waals surface area (Å²) in [5.41, 5.74) is 4.92. The van der Waals surface area contributed by atoms with E-state index in [0.29, 0.717) is 5.92 Å². The van der Waals surface area contributed by atoms with E-state index in [4.69, 9.17) is 0 Å². The number of nitrogens with zero attached hydrogens (tertiary/aromatic N) is 1. The molecular formula is C23H31N3O2. The monoisotopic (exact) mass is 381 g/mol. The van der Waals surface area contributed by atoms with Crippen molar-refractivity contribution in [1.29, 1.82) is 0 Å². The molecule has 0 saturated carbocycles. The predicted octanol–water partition coefficient (Wildman–Crippen LogP) is 4.33. The van der Waals surface area contributed by atoms with Crippen LogP contribution in [-0.2, 0) is 9.59 Å². The maximum Gasteiger partial charge on any atom is 0.238 e. The molecule has 1 atom stereocenters. The quantitative estimate of drug-likeness (QED) is 0.716. The van der Waals surface area contributed by atoms with Gasteiger partial charge in [-0.25, -0.2) is 0 Å². The molecule has 2 N–H and O–H groups in total. The number of benzene rings is 2. The van der Waals surface area contributed by atoms with Crippen LogP contribution in [0.5, 0.6) is 0 Å². The second-order valence-electron chi connectivity index (χ2n) is 7.47. The summed E-state index contributed by atoms with van der Waals surface area (Å²) in [6.07, 6.45) is 1.08. The van der Waals surface area contributed by atoms with E-state index < -0.39 is 0 Å². The number of amides is 2. The topological polar surface area (TPSA) is 61.4 Å². The van der Waals surface area contributed by atoms with Gasteiger partial charge in [-0.2, -0.15) is 0 Å². The van der Waals surface area contributed by atoms with Crippen LogP contribution in [0.1, 0.15) is 42.9 Å². The Labute approximate surface area is 168 Å². The Balaban J connectivity index is 1.84. The van der Waals surface area contributed by atoms with Gasteiger partial charge >= 0.3 is 0 Å². The van der Waals surface area contributed by atoms with Crippen LogP contribution in [0, 0.1) is 13.8 Å². The smallest absolute Gasteiger partial charge is 0.238 e. The molecule has 0 radical (unpaired) electrons. The van der Waals surface area contributed by atoms with Crippen molar-refractivity contribution in [1.82, 2.24) is 4.90 Å². The fourth-order valence-electron chi connectivity index (χ4n) is 3.07. The van der Waals surface area contributed by atoms with E-state index in [0.717, 1.165) is 28.9 Å². The van der Waals surface area contributed by atoms with Gasteiger partial charge in [0.2, 0.25) is 11.8 Å². The third kappa shape index (κ3) is 6.20. The highest BCUT2D eigenvalue weighted by atomic mass is 16.2. The van der Waals surface area contributed by atoms with E-state index in [1.165, 1.54) is 5.56 Å². The zero-order valence-corrected chi connectivity index (χ0v) is 17.5. The average Bonchev–Trinajstić information content (AvgIpc) is 2.64. The van der Waals surface area contributed by atoms with E-state index in [1.54, 1.807) is 11.9 Å². The number of carbonyl (C=O) groups excluding carboxylic acids is 2. The number of carbonyl (C=O) groups is 2. The number of hydrogen-bond acceptors (Lipinski definition) is 3. The maximum absolute atomic E-state index is 12.3. The third-order valence-electron chi connectivity index (χ3n) is 4.95. The first-order chi connectivity index (χ1) is 13.3. The zero-order valence-electron chi connectivity index (χ0n) is 17.5. The van der Waals surface area contributed by atoms with Gasteiger partial charge in [0, 0.05) is 11.4 Å². The van der Waals surface area contributed by atoms with Crippen LogP contribution in [0.15, 0.2) is 42.5 Å². The van der Waals surface area contributed by atoms with Crippen molar-refractivity contribution in [3.05, 3.63) is 59.2 Å². The fourth-order valence-corrected chi connectivity index (χ4v) is 3.07. The number of likely N-dealkylation sites (N-methyl/N-ethyl adjacent to an activating group) is 1. The molecule has 0 aliphatic heterocycles. The van der Waals surface area contributed by atoms with Crippen molar-refractivity contribution in [2.24, 2.45) is 0 Å². The van der Waals surface area contributed by atoms with E-state index in [2.05, 4.69) is 24.5 Å². The normalized spacial score (nSPS) is 11.9. The van der Waals surface area contributed by atoms with Gasteiger partial charge in [0.15, 0.2) is 0 Å². The van der Waals surface area contributed by atoms with Crippen molar-refractivity contribution in [2.75, 3.05) is 30.8 Å². The fraction of sp³-hybridized carbons (Fsp3) is 0.391. The van der Waals surface area contributed by atoms with Crippen LogP contribution in [0.4, 0.5) is 11.4 Å². The third-order valence-corrected chi connectivity index (χ3v) is 4.95. The molecular weight excluding hydrogens is 350 g/mol. The van der Waals surface area contributed by atoms with Crippen LogP contribution < -0.4 is 10.6 Å². The predicted molar refractivity (Wildman–Crippen MR) is 116 cm³/mol. The SMILES string of the molecule is CC[C@H](C)c1ccc(NC(=O)CN(C)CC(=O)Nc2c(C)cccc2C)cc1. The maximum atomic E-state index is 12.3. The van der Waals surface area contributed by atoms with Gasteiger partial charge < -0.3 is 10.6 Å². The first-order valence-electron chi connectivity index (χ1n) is 9.74. The zero-order chi connectivity index (χ0) is 20.7. The van der Waals surface area contributed by atoms with Crippen molar-refractivity contribution in [3.8, 4) is 0 Å². The second-order valence-corrected chi connectivity index (χ2v) is 7.47. The lowest BCUT2D eigenvalue weighted by molar-refractivity contribution is -0.119. The highest BCUT2D eigenvalue weighted by Gasteiger charge is 2.13. The molecule has 2 aromatic rings. The number of aryl methyl sites for hydroxylation is 2. The molecule has 0 heterocycles. The lowest BCUT2D eigenvalue weighted by Gasteiger charge is -2.17. The number of anilines is 2. The number of nitrogens with one attached hydrogen (secondary N) is 2. The van der Waals surface area contributed by atoms with E-state index in [1.807, 2.05) is 56.3 Å². The summed E-state index contributed by atoms with van der Waals surface area (Å²) in [5.74, 6) is 0.232. The van der Waals surface area contributed by atoms with Gasteiger partial charge in [-0.3, -0.25) is 14.5 Å². The molecule has 0 saturated heterocycles. The molecule has 0 unspecified atom stereocenters. The highest BCUT2D eigenvalue weighted by molar-refractivity contribution is 5.95. The van der Waals surface area contributed by atoms with Gasteiger partial charge in [-0.1, -0.05) is 44.2 Å².